The molecule has 2 heterocycles. The Bertz CT molecular complexity index is 640. The molecular formula is C14H22N4S. The largest absolute Gasteiger partial charge is 0.328 e. The predicted octanol–water partition coefficient (Wildman–Crippen LogP) is 3.75. The average Bonchev–Trinajstić information content (AvgIpc) is 2.88. The molecule has 104 valence electrons. The lowest BCUT2D eigenvalue weighted by Crippen LogP contribution is -2.18. The second-order valence-electron chi connectivity index (χ2n) is 5.84. The van der Waals surface area contributed by atoms with Crippen LogP contribution in [0.5, 0.6) is 0 Å². The first-order chi connectivity index (χ1) is 9.11. The van der Waals surface area contributed by atoms with E-state index in [0.717, 1.165) is 28.3 Å². The molecule has 19 heavy (non-hydrogen) atoms. The molecule has 2 aromatic heterocycles. The standard InChI is InChI=1S/C14H22N4S/c1-4-11-12-13(17(3)16-11)18(14(19)15-12)10-7-5-9(2)6-8-10/h9-10H,4-8H2,1-3H3,(H,15,19). The highest BCUT2D eigenvalue weighted by Crippen LogP contribution is 2.34. The Morgan fingerprint density at radius 2 is 2.00 bits per heavy atom. The van der Waals surface area contributed by atoms with Gasteiger partial charge in [0.2, 0.25) is 0 Å². The number of imidazole rings is 1. The molecule has 1 aliphatic carbocycles. The van der Waals surface area contributed by atoms with Crippen LogP contribution in [-0.2, 0) is 13.5 Å². The van der Waals surface area contributed by atoms with Crippen molar-refractivity contribution >= 4 is 23.4 Å². The van der Waals surface area contributed by atoms with Crippen LogP contribution in [0.3, 0.4) is 0 Å². The number of rotatable bonds is 2. The maximum absolute atomic E-state index is 5.55. The molecule has 0 aliphatic heterocycles. The minimum Gasteiger partial charge on any atom is -0.328 e. The van der Waals surface area contributed by atoms with E-state index >= 15 is 0 Å². The topological polar surface area (TPSA) is 38.5 Å². The molecule has 1 fully saturated rings. The van der Waals surface area contributed by atoms with Gasteiger partial charge < -0.3 is 4.98 Å². The monoisotopic (exact) mass is 278 g/mol. The quantitative estimate of drug-likeness (QED) is 0.850. The van der Waals surface area contributed by atoms with E-state index in [1.54, 1.807) is 0 Å². The van der Waals surface area contributed by atoms with E-state index in [9.17, 15) is 0 Å². The van der Waals surface area contributed by atoms with Crippen molar-refractivity contribution in [2.75, 3.05) is 0 Å². The Balaban J connectivity index is 2.10. The van der Waals surface area contributed by atoms with Crippen molar-refractivity contribution < 1.29 is 0 Å². The maximum atomic E-state index is 5.55. The maximum Gasteiger partial charge on any atom is 0.179 e. The van der Waals surface area contributed by atoms with Crippen molar-refractivity contribution in [2.45, 2.75) is 52.0 Å². The third kappa shape index (κ3) is 2.04. The number of hydrogen-bond acceptors (Lipinski definition) is 2. The van der Waals surface area contributed by atoms with Crippen molar-refractivity contribution in [3.05, 3.63) is 10.5 Å². The first-order valence-corrected chi connectivity index (χ1v) is 7.68. The van der Waals surface area contributed by atoms with Gasteiger partial charge in [0.05, 0.1) is 5.69 Å². The highest BCUT2D eigenvalue weighted by atomic mass is 32.1. The summed E-state index contributed by atoms with van der Waals surface area (Å²) in [5, 5.41) is 4.60. The number of aromatic nitrogens is 4. The van der Waals surface area contributed by atoms with E-state index in [-0.39, 0.29) is 0 Å². The second kappa shape index (κ2) is 4.78. The normalized spacial score (nSPS) is 24.2. The molecule has 3 rings (SSSR count). The van der Waals surface area contributed by atoms with Gasteiger partial charge in [-0.2, -0.15) is 5.10 Å². The minimum atomic E-state index is 0.539. The van der Waals surface area contributed by atoms with Gasteiger partial charge in [0.25, 0.3) is 0 Å². The van der Waals surface area contributed by atoms with E-state index in [1.807, 2.05) is 11.7 Å². The Hall–Kier alpha value is -1.10. The van der Waals surface area contributed by atoms with Crippen LogP contribution in [0.2, 0.25) is 0 Å². The van der Waals surface area contributed by atoms with E-state index in [2.05, 4.69) is 28.5 Å². The van der Waals surface area contributed by atoms with Crippen molar-refractivity contribution in [1.82, 2.24) is 19.3 Å². The van der Waals surface area contributed by atoms with Crippen molar-refractivity contribution in [3.63, 3.8) is 0 Å². The van der Waals surface area contributed by atoms with Gasteiger partial charge in [0.1, 0.15) is 5.52 Å². The lowest BCUT2D eigenvalue weighted by atomic mass is 9.87. The summed E-state index contributed by atoms with van der Waals surface area (Å²) in [4.78, 5) is 3.37. The molecule has 0 unspecified atom stereocenters. The highest BCUT2D eigenvalue weighted by molar-refractivity contribution is 7.71. The number of hydrogen-bond donors (Lipinski definition) is 1. The fourth-order valence-corrected chi connectivity index (χ4v) is 3.66. The molecule has 0 spiro atoms. The molecule has 0 radical (unpaired) electrons. The summed E-state index contributed by atoms with van der Waals surface area (Å²) in [5.74, 6) is 0.859. The summed E-state index contributed by atoms with van der Waals surface area (Å²) in [6, 6.07) is 0.539. The van der Waals surface area contributed by atoms with Gasteiger partial charge in [0.15, 0.2) is 10.4 Å². The zero-order chi connectivity index (χ0) is 13.6. The summed E-state index contributed by atoms with van der Waals surface area (Å²) in [6.07, 6.45) is 6.01. The van der Waals surface area contributed by atoms with Crippen LogP contribution in [-0.4, -0.2) is 19.3 Å². The van der Waals surface area contributed by atoms with Gasteiger partial charge in [-0.05, 0) is 50.2 Å². The molecule has 5 heteroatoms. The number of H-pyrrole nitrogens is 1. The summed E-state index contributed by atoms with van der Waals surface area (Å²) in [5.41, 5.74) is 3.42. The predicted molar refractivity (Wildman–Crippen MR) is 79.9 cm³/mol. The highest BCUT2D eigenvalue weighted by Gasteiger charge is 2.24. The number of aromatic amines is 1. The number of aryl methyl sites for hydroxylation is 2. The van der Waals surface area contributed by atoms with Crippen LogP contribution in [0.4, 0.5) is 0 Å². The van der Waals surface area contributed by atoms with Crippen LogP contribution in [0, 0.1) is 10.7 Å². The molecule has 1 N–H and O–H groups in total. The van der Waals surface area contributed by atoms with E-state index < -0.39 is 0 Å². The molecule has 0 bridgehead atoms. The molecule has 0 aromatic carbocycles. The Labute approximate surface area is 118 Å². The first kappa shape index (κ1) is 12.9. The van der Waals surface area contributed by atoms with E-state index in [0.29, 0.717) is 6.04 Å². The van der Waals surface area contributed by atoms with Crippen LogP contribution in [0.25, 0.3) is 11.2 Å². The van der Waals surface area contributed by atoms with Crippen LogP contribution >= 0.6 is 12.2 Å². The number of nitrogens with zero attached hydrogens (tertiary/aromatic N) is 3. The van der Waals surface area contributed by atoms with E-state index in [4.69, 9.17) is 12.2 Å². The Morgan fingerprint density at radius 1 is 1.32 bits per heavy atom. The van der Waals surface area contributed by atoms with Gasteiger partial charge in [-0.25, -0.2) is 0 Å². The lowest BCUT2D eigenvalue weighted by Gasteiger charge is -2.27. The molecule has 1 saturated carbocycles. The fraction of sp³-hybridized carbons (Fsp3) is 0.714. The lowest BCUT2D eigenvalue weighted by molar-refractivity contribution is 0.290. The average molecular weight is 278 g/mol. The summed E-state index contributed by atoms with van der Waals surface area (Å²) in [6.45, 7) is 4.49. The molecule has 4 nitrogen and oxygen atoms in total. The van der Waals surface area contributed by atoms with Crippen molar-refractivity contribution in [3.8, 4) is 0 Å². The van der Waals surface area contributed by atoms with Crippen LogP contribution < -0.4 is 0 Å². The van der Waals surface area contributed by atoms with Crippen LogP contribution in [0.1, 0.15) is 51.3 Å². The molecule has 0 saturated heterocycles. The smallest absolute Gasteiger partial charge is 0.179 e. The SMILES string of the molecule is CCc1nn(C)c2c1[nH]c(=S)n2C1CCC(C)CC1. The molecule has 1 aliphatic rings. The van der Waals surface area contributed by atoms with Gasteiger partial charge in [-0.1, -0.05) is 13.8 Å². The summed E-state index contributed by atoms with van der Waals surface area (Å²) < 4.78 is 5.15. The van der Waals surface area contributed by atoms with Crippen LogP contribution in [0.15, 0.2) is 0 Å². The summed E-state index contributed by atoms with van der Waals surface area (Å²) >= 11 is 5.55. The molecule has 0 atom stereocenters. The van der Waals surface area contributed by atoms with E-state index in [1.165, 1.54) is 31.3 Å². The van der Waals surface area contributed by atoms with Gasteiger partial charge in [-0.15, -0.1) is 0 Å². The first-order valence-electron chi connectivity index (χ1n) is 7.27. The Morgan fingerprint density at radius 3 is 2.63 bits per heavy atom. The zero-order valence-corrected chi connectivity index (χ0v) is 12.8. The number of nitrogens with one attached hydrogen (secondary N) is 1. The number of fused-ring (bicyclic) bond motifs is 1. The third-order valence-corrected chi connectivity index (χ3v) is 4.75. The fourth-order valence-electron chi connectivity index (χ4n) is 3.32. The molecular weight excluding hydrogens is 256 g/mol. The van der Waals surface area contributed by atoms with Gasteiger partial charge in [0, 0.05) is 13.1 Å². The second-order valence-corrected chi connectivity index (χ2v) is 6.22. The van der Waals surface area contributed by atoms with Crippen molar-refractivity contribution in [1.29, 1.82) is 0 Å². The zero-order valence-electron chi connectivity index (χ0n) is 11.9. The van der Waals surface area contributed by atoms with Gasteiger partial charge in [-0.3, -0.25) is 9.25 Å². The summed E-state index contributed by atoms with van der Waals surface area (Å²) in [7, 11) is 2.02. The molecule has 2 aromatic rings. The Kier molecular flexibility index (Phi) is 3.25. The minimum absolute atomic E-state index is 0.539. The third-order valence-electron chi connectivity index (χ3n) is 4.45. The van der Waals surface area contributed by atoms with Gasteiger partial charge >= 0.3 is 0 Å². The molecule has 0 amide bonds. The van der Waals surface area contributed by atoms with Crippen molar-refractivity contribution in [2.24, 2.45) is 13.0 Å².